The topological polar surface area (TPSA) is 122 Å². The molecule has 2 N–H and O–H groups in total. The van der Waals surface area contributed by atoms with E-state index in [0.29, 0.717) is 11.7 Å². The highest BCUT2D eigenvalue weighted by Crippen LogP contribution is 2.19. The first-order valence-corrected chi connectivity index (χ1v) is 8.74. The number of carboxylic acids is 1. The number of carbonyl (C=O) groups is 1. The third-order valence-electron chi connectivity index (χ3n) is 3.14. The molecular weight excluding hydrogens is 334 g/mol. The molecule has 0 saturated heterocycles. The van der Waals surface area contributed by atoms with Crippen LogP contribution in [0.3, 0.4) is 0 Å². The molecule has 1 aromatic carbocycles. The summed E-state index contributed by atoms with van der Waals surface area (Å²) in [5, 5.41) is 12.7. The van der Waals surface area contributed by atoms with Gasteiger partial charge in [0.15, 0.2) is 5.82 Å². The highest BCUT2D eigenvalue weighted by atomic mass is 32.2. The molecular formula is C15H19N3O5S. The summed E-state index contributed by atoms with van der Waals surface area (Å²) in [6, 6.07) is 5.15. The van der Waals surface area contributed by atoms with Gasteiger partial charge in [0.25, 0.3) is 0 Å². The van der Waals surface area contributed by atoms with E-state index in [2.05, 4.69) is 14.9 Å². The number of nitrogens with zero attached hydrogens (tertiary/aromatic N) is 2. The minimum atomic E-state index is -3.81. The lowest BCUT2D eigenvalue weighted by Crippen LogP contribution is -2.26. The van der Waals surface area contributed by atoms with Gasteiger partial charge < -0.3 is 9.63 Å². The molecule has 2 aromatic rings. The molecule has 1 heterocycles. The number of sulfonamides is 1. The van der Waals surface area contributed by atoms with Gasteiger partial charge in [-0.15, -0.1) is 0 Å². The van der Waals surface area contributed by atoms with Crippen LogP contribution >= 0.6 is 0 Å². The fraction of sp³-hybridized carbons (Fsp3) is 0.400. The molecule has 0 amide bonds. The van der Waals surface area contributed by atoms with Gasteiger partial charge >= 0.3 is 5.97 Å². The normalized spacial score (nSPS) is 12.3. The van der Waals surface area contributed by atoms with E-state index in [-0.39, 0.29) is 28.8 Å². The van der Waals surface area contributed by atoms with Crippen molar-refractivity contribution >= 4 is 16.0 Å². The second-order valence-corrected chi connectivity index (χ2v) is 8.01. The van der Waals surface area contributed by atoms with Crippen LogP contribution in [0.15, 0.2) is 33.7 Å². The van der Waals surface area contributed by atoms with Crippen molar-refractivity contribution in [3.8, 4) is 0 Å². The number of nitrogens with one attached hydrogen (secondary N) is 1. The van der Waals surface area contributed by atoms with Crippen LogP contribution in [-0.4, -0.2) is 36.2 Å². The zero-order chi connectivity index (χ0) is 18.0. The quantitative estimate of drug-likeness (QED) is 0.808. The maximum absolute atomic E-state index is 12.2. The van der Waals surface area contributed by atoms with Gasteiger partial charge in [0, 0.05) is 18.4 Å². The molecule has 2 rings (SSSR count). The average Bonchev–Trinajstić information content (AvgIpc) is 2.96. The zero-order valence-corrected chi connectivity index (χ0v) is 14.4. The maximum atomic E-state index is 12.2. The number of aromatic carboxylic acids is 1. The summed E-state index contributed by atoms with van der Waals surface area (Å²) in [5.41, 5.74) is -0.368. The Balaban J connectivity index is 2.02. The van der Waals surface area contributed by atoms with E-state index in [9.17, 15) is 13.2 Å². The summed E-state index contributed by atoms with van der Waals surface area (Å²) in [7, 11) is -3.81. The van der Waals surface area contributed by atoms with E-state index in [0.717, 1.165) is 6.07 Å². The Morgan fingerprint density at radius 3 is 2.62 bits per heavy atom. The minimum absolute atomic E-state index is 0.0722. The van der Waals surface area contributed by atoms with Crippen LogP contribution in [0.4, 0.5) is 0 Å². The van der Waals surface area contributed by atoms with Crippen LogP contribution in [0.5, 0.6) is 0 Å². The SMILES string of the molecule is CC(C)(C)c1nc(CCNS(=O)(=O)c2cccc(C(=O)O)c2)no1. The highest BCUT2D eigenvalue weighted by molar-refractivity contribution is 7.89. The Morgan fingerprint density at radius 2 is 2.04 bits per heavy atom. The monoisotopic (exact) mass is 353 g/mol. The van der Waals surface area contributed by atoms with E-state index < -0.39 is 16.0 Å². The Labute approximate surface area is 139 Å². The van der Waals surface area contributed by atoms with E-state index in [1.807, 2.05) is 20.8 Å². The second kappa shape index (κ2) is 6.70. The smallest absolute Gasteiger partial charge is 0.335 e. The first kappa shape index (κ1) is 18.1. The van der Waals surface area contributed by atoms with Crippen LogP contribution < -0.4 is 4.72 Å². The summed E-state index contributed by atoms with van der Waals surface area (Å²) in [6.45, 7) is 5.87. The lowest BCUT2D eigenvalue weighted by molar-refractivity contribution is 0.0696. The van der Waals surface area contributed by atoms with Crippen molar-refractivity contribution in [3.63, 3.8) is 0 Å². The third-order valence-corrected chi connectivity index (χ3v) is 4.60. The van der Waals surface area contributed by atoms with Crippen molar-refractivity contribution in [2.24, 2.45) is 0 Å². The molecule has 0 radical (unpaired) electrons. The number of carboxylic acid groups (broad SMARTS) is 1. The molecule has 9 heteroatoms. The summed E-state index contributed by atoms with van der Waals surface area (Å²) in [5.74, 6) is -0.301. The molecule has 8 nitrogen and oxygen atoms in total. The second-order valence-electron chi connectivity index (χ2n) is 6.25. The van der Waals surface area contributed by atoms with Gasteiger partial charge in [-0.25, -0.2) is 17.9 Å². The fourth-order valence-corrected chi connectivity index (χ4v) is 2.91. The van der Waals surface area contributed by atoms with Gasteiger partial charge in [-0.05, 0) is 18.2 Å². The molecule has 0 fully saturated rings. The summed E-state index contributed by atoms with van der Waals surface area (Å²) >= 11 is 0. The molecule has 0 bridgehead atoms. The van der Waals surface area contributed by atoms with Gasteiger partial charge in [-0.1, -0.05) is 32.0 Å². The molecule has 0 aliphatic heterocycles. The average molecular weight is 353 g/mol. The Morgan fingerprint density at radius 1 is 1.33 bits per heavy atom. The van der Waals surface area contributed by atoms with Crippen molar-refractivity contribution in [2.75, 3.05) is 6.54 Å². The van der Waals surface area contributed by atoms with E-state index in [4.69, 9.17) is 9.63 Å². The number of hydrogen-bond acceptors (Lipinski definition) is 6. The van der Waals surface area contributed by atoms with Crippen molar-refractivity contribution < 1.29 is 22.8 Å². The summed E-state index contributed by atoms with van der Waals surface area (Å²) < 4.78 is 31.9. The van der Waals surface area contributed by atoms with Crippen LogP contribution in [0.2, 0.25) is 0 Å². The van der Waals surface area contributed by atoms with Gasteiger partial charge in [-0.3, -0.25) is 0 Å². The third kappa shape index (κ3) is 4.39. The predicted octanol–water partition coefficient (Wildman–Crippen LogP) is 1.59. The van der Waals surface area contributed by atoms with Crippen molar-refractivity contribution in [2.45, 2.75) is 37.5 Å². The molecule has 0 unspecified atom stereocenters. The minimum Gasteiger partial charge on any atom is -0.478 e. The molecule has 0 aliphatic rings. The van der Waals surface area contributed by atoms with Gasteiger partial charge in [0.2, 0.25) is 15.9 Å². The van der Waals surface area contributed by atoms with Crippen LogP contribution in [0, 0.1) is 0 Å². The number of benzene rings is 1. The highest BCUT2D eigenvalue weighted by Gasteiger charge is 2.22. The van der Waals surface area contributed by atoms with Gasteiger partial charge in [0.1, 0.15) is 0 Å². The van der Waals surface area contributed by atoms with Crippen LogP contribution in [-0.2, 0) is 21.9 Å². The standard InChI is InChI=1S/C15H19N3O5S/c1-15(2,3)14-17-12(18-23-14)7-8-16-24(21,22)11-6-4-5-10(9-11)13(19)20/h4-6,9,16H,7-8H2,1-3H3,(H,19,20). The Bertz CT molecular complexity index is 837. The van der Waals surface area contributed by atoms with Crippen molar-refractivity contribution in [1.29, 1.82) is 0 Å². The molecule has 1 aromatic heterocycles. The molecule has 0 spiro atoms. The lowest BCUT2D eigenvalue weighted by Gasteiger charge is -2.10. The zero-order valence-electron chi connectivity index (χ0n) is 13.6. The summed E-state index contributed by atoms with van der Waals surface area (Å²) in [4.78, 5) is 15.0. The molecule has 24 heavy (non-hydrogen) atoms. The first-order chi connectivity index (χ1) is 11.1. The number of rotatable bonds is 6. The number of hydrogen-bond donors (Lipinski definition) is 2. The fourth-order valence-electron chi connectivity index (χ4n) is 1.84. The van der Waals surface area contributed by atoms with E-state index in [1.54, 1.807) is 0 Å². The van der Waals surface area contributed by atoms with Crippen molar-refractivity contribution in [1.82, 2.24) is 14.9 Å². The van der Waals surface area contributed by atoms with Crippen LogP contribution in [0.25, 0.3) is 0 Å². The van der Waals surface area contributed by atoms with Gasteiger partial charge in [-0.2, -0.15) is 4.98 Å². The largest absolute Gasteiger partial charge is 0.478 e. The molecule has 0 saturated carbocycles. The molecule has 130 valence electrons. The maximum Gasteiger partial charge on any atom is 0.335 e. The molecule has 0 atom stereocenters. The number of aromatic nitrogens is 2. The lowest BCUT2D eigenvalue weighted by atomic mass is 9.97. The first-order valence-electron chi connectivity index (χ1n) is 7.26. The predicted molar refractivity (Wildman–Crippen MR) is 85.3 cm³/mol. The van der Waals surface area contributed by atoms with Gasteiger partial charge in [0.05, 0.1) is 10.5 Å². The van der Waals surface area contributed by atoms with Crippen molar-refractivity contribution in [3.05, 3.63) is 41.5 Å². The Kier molecular flexibility index (Phi) is 5.05. The molecule has 0 aliphatic carbocycles. The Hall–Kier alpha value is -2.26. The van der Waals surface area contributed by atoms with E-state index >= 15 is 0 Å². The summed E-state index contributed by atoms with van der Waals surface area (Å²) in [6.07, 6.45) is 0.261. The van der Waals surface area contributed by atoms with Crippen LogP contribution in [0.1, 0.15) is 42.8 Å². The van der Waals surface area contributed by atoms with E-state index in [1.165, 1.54) is 18.2 Å².